The van der Waals surface area contributed by atoms with Crippen LogP contribution in [0.5, 0.6) is 0 Å². The molecule has 2 N–H and O–H groups in total. The topological polar surface area (TPSA) is 54.0 Å². The van der Waals surface area contributed by atoms with Crippen LogP contribution in [-0.2, 0) is 11.3 Å². The summed E-state index contributed by atoms with van der Waals surface area (Å²) in [7, 11) is 0. The van der Waals surface area contributed by atoms with Crippen molar-refractivity contribution in [2.45, 2.75) is 20.4 Å². The van der Waals surface area contributed by atoms with E-state index in [4.69, 9.17) is 0 Å². The quantitative estimate of drug-likeness (QED) is 0.889. The number of rotatable bonds is 4. The van der Waals surface area contributed by atoms with Gasteiger partial charge in [-0.25, -0.2) is 4.98 Å². The second kappa shape index (κ2) is 5.64. The van der Waals surface area contributed by atoms with Crippen LogP contribution < -0.4 is 10.6 Å². The van der Waals surface area contributed by atoms with Gasteiger partial charge in [0.2, 0.25) is 5.91 Å². The first-order valence-corrected chi connectivity index (χ1v) is 6.48. The second-order valence-electron chi connectivity index (χ2n) is 3.96. The molecular formula is C13H15N3OS. The number of carbonyl (C=O) groups is 1. The number of amides is 1. The van der Waals surface area contributed by atoms with Gasteiger partial charge < -0.3 is 10.6 Å². The van der Waals surface area contributed by atoms with Crippen LogP contribution in [-0.4, -0.2) is 10.9 Å². The number of anilines is 2. The smallest absolute Gasteiger partial charge is 0.221 e. The Morgan fingerprint density at radius 1 is 1.39 bits per heavy atom. The van der Waals surface area contributed by atoms with Crippen LogP contribution >= 0.6 is 11.3 Å². The summed E-state index contributed by atoms with van der Waals surface area (Å²) in [5, 5.41) is 7.13. The van der Waals surface area contributed by atoms with E-state index in [1.165, 1.54) is 11.8 Å². The third-order valence-electron chi connectivity index (χ3n) is 2.32. The first-order valence-electron chi connectivity index (χ1n) is 5.66. The summed E-state index contributed by atoms with van der Waals surface area (Å²) < 4.78 is 0. The molecule has 1 heterocycles. The summed E-state index contributed by atoms with van der Waals surface area (Å²) >= 11 is 1.68. The van der Waals surface area contributed by atoms with E-state index in [1.54, 1.807) is 11.3 Å². The van der Waals surface area contributed by atoms with Crippen LogP contribution in [0.3, 0.4) is 0 Å². The van der Waals surface area contributed by atoms with Gasteiger partial charge in [-0.05, 0) is 25.1 Å². The molecule has 5 heteroatoms. The summed E-state index contributed by atoms with van der Waals surface area (Å²) in [6, 6.07) is 7.66. The van der Waals surface area contributed by atoms with Crippen molar-refractivity contribution in [3.63, 3.8) is 0 Å². The minimum atomic E-state index is -0.0646. The van der Waals surface area contributed by atoms with Gasteiger partial charge in [0.1, 0.15) is 0 Å². The zero-order valence-corrected chi connectivity index (χ0v) is 11.2. The molecule has 0 aliphatic carbocycles. The Morgan fingerprint density at radius 2 is 2.17 bits per heavy atom. The molecule has 0 unspecified atom stereocenters. The molecule has 0 aliphatic heterocycles. The molecule has 0 fully saturated rings. The predicted octanol–water partition coefficient (Wildman–Crippen LogP) is 3.02. The molecule has 0 atom stereocenters. The van der Waals surface area contributed by atoms with Crippen LogP contribution in [0.4, 0.5) is 11.4 Å². The molecule has 0 aliphatic rings. The fourth-order valence-corrected chi connectivity index (χ4v) is 2.32. The van der Waals surface area contributed by atoms with Crippen LogP contribution in [0.15, 0.2) is 30.5 Å². The third kappa shape index (κ3) is 3.56. The lowest BCUT2D eigenvalue weighted by Crippen LogP contribution is -2.06. The Balaban J connectivity index is 1.98. The highest BCUT2D eigenvalue weighted by molar-refractivity contribution is 7.11. The lowest BCUT2D eigenvalue weighted by atomic mass is 10.2. The zero-order chi connectivity index (χ0) is 13.0. The Labute approximate surface area is 110 Å². The van der Waals surface area contributed by atoms with E-state index in [0.29, 0.717) is 0 Å². The molecule has 2 rings (SSSR count). The third-order valence-corrected chi connectivity index (χ3v) is 3.23. The van der Waals surface area contributed by atoms with Crippen molar-refractivity contribution < 1.29 is 4.79 Å². The molecular weight excluding hydrogens is 246 g/mol. The van der Waals surface area contributed by atoms with Crippen molar-refractivity contribution >= 4 is 28.6 Å². The zero-order valence-electron chi connectivity index (χ0n) is 10.4. The van der Waals surface area contributed by atoms with E-state index in [2.05, 4.69) is 15.6 Å². The molecule has 0 radical (unpaired) electrons. The minimum Gasteiger partial charge on any atom is -0.380 e. The van der Waals surface area contributed by atoms with Gasteiger partial charge in [0.15, 0.2) is 0 Å². The van der Waals surface area contributed by atoms with E-state index in [0.717, 1.165) is 22.9 Å². The monoisotopic (exact) mass is 261 g/mol. The summed E-state index contributed by atoms with van der Waals surface area (Å²) in [6.07, 6.45) is 1.88. The van der Waals surface area contributed by atoms with Crippen LogP contribution in [0.2, 0.25) is 0 Å². The predicted molar refractivity (Wildman–Crippen MR) is 74.9 cm³/mol. The standard InChI is InChI=1S/C13H15N3OS/c1-9(17)16-12-5-3-4-11(6-12)15-8-13-7-14-10(2)18-13/h3-7,15H,8H2,1-2H3,(H,16,17). The van der Waals surface area contributed by atoms with Gasteiger partial charge in [0, 0.05) is 29.4 Å². The Kier molecular flexibility index (Phi) is 3.94. The van der Waals surface area contributed by atoms with Crippen molar-refractivity contribution in [1.29, 1.82) is 0 Å². The van der Waals surface area contributed by atoms with Gasteiger partial charge in [0.05, 0.1) is 11.6 Å². The van der Waals surface area contributed by atoms with E-state index in [9.17, 15) is 4.79 Å². The highest BCUT2D eigenvalue weighted by atomic mass is 32.1. The van der Waals surface area contributed by atoms with Gasteiger partial charge in [-0.2, -0.15) is 0 Å². The van der Waals surface area contributed by atoms with Crippen molar-refractivity contribution in [3.8, 4) is 0 Å². The molecule has 2 aromatic rings. The number of nitrogens with zero attached hydrogens (tertiary/aromatic N) is 1. The Bertz CT molecular complexity index is 551. The number of nitrogens with one attached hydrogen (secondary N) is 2. The number of thiazole rings is 1. The van der Waals surface area contributed by atoms with E-state index < -0.39 is 0 Å². The van der Waals surface area contributed by atoms with Crippen LogP contribution in [0.25, 0.3) is 0 Å². The van der Waals surface area contributed by atoms with E-state index >= 15 is 0 Å². The fourth-order valence-electron chi connectivity index (χ4n) is 1.59. The van der Waals surface area contributed by atoms with E-state index in [-0.39, 0.29) is 5.91 Å². The van der Waals surface area contributed by atoms with Crippen molar-refractivity contribution in [3.05, 3.63) is 40.3 Å². The lowest BCUT2D eigenvalue weighted by Gasteiger charge is -2.07. The average molecular weight is 261 g/mol. The molecule has 0 saturated carbocycles. The number of benzene rings is 1. The maximum absolute atomic E-state index is 11.0. The van der Waals surface area contributed by atoms with Crippen LogP contribution in [0.1, 0.15) is 16.8 Å². The van der Waals surface area contributed by atoms with Gasteiger partial charge >= 0.3 is 0 Å². The number of carbonyl (C=O) groups excluding carboxylic acids is 1. The largest absolute Gasteiger partial charge is 0.380 e. The van der Waals surface area contributed by atoms with Gasteiger partial charge in [-0.3, -0.25) is 4.79 Å². The number of hydrogen-bond acceptors (Lipinski definition) is 4. The molecule has 0 saturated heterocycles. The van der Waals surface area contributed by atoms with Crippen LogP contribution in [0, 0.1) is 6.92 Å². The molecule has 1 amide bonds. The number of aryl methyl sites for hydroxylation is 1. The van der Waals surface area contributed by atoms with Crippen molar-refractivity contribution in [2.24, 2.45) is 0 Å². The maximum Gasteiger partial charge on any atom is 0.221 e. The van der Waals surface area contributed by atoms with Gasteiger partial charge in [-0.15, -0.1) is 11.3 Å². The van der Waals surface area contributed by atoms with Crippen molar-refractivity contribution in [1.82, 2.24) is 4.98 Å². The Hall–Kier alpha value is -1.88. The molecule has 0 bridgehead atoms. The van der Waals surface area contributed by atoms with E-state index in [1.807, 2.05) is 37.4 Å². The highest BCUT2D eigenvalue weighted by Crippen LogP contribution is 2.17. The summed E-state index contributed by atoms with van der Waals surface area (Å²) in [5.41, 5.74) is 1.78. The molecule has 1 aromatic heterocycles. The highest BCUT2D eigenvalue weighted by Gasteiger charge is 2.00. The summed E-state index contributed by atoms with van der Waals surface area (Å²) in [5.74, 6) is -0.0646. The summed E-state index contributed by atoms with van der Waals surface area (Å²) in [4.78, 5) is 16.4. The van der Waals surface area contributed by atoms with Gasteiger partial charge in [-0.1, -0.05) is 6.07 Å². The number of hydrogen-bond donors (Lipinski definition) is 2. The molecule has 1 aromatic carbocycles. The average Bonchev–Trinajstić information content (AvgIpc) is 2.72. The molecule has 4 nitrogen and oxygen atoms in total. The first kappa shape index (κ1) is 12.6. The summed E-state index contributed by atoms with van der Waals surface area (Å²) in [6.45, 7) is 4.24. The first-order chi connectivity index (χ1) is 8.63. The maximum atomic E-state index is 11.0. The second-order valence-corrected chi connectivity index (χ2v) is 5.28. The fraction of sp³-hybridized carbons (Fsp3) is 0.231. The number of aromatic nitrogens is 1. The molecule has 94 valence electrons. The molecule has 0 spiro atoms. The Morgan fingerprint density at radius 3 is 2.83 bits per heavy atom. The SMILES string of the molecule is CC(=O)Nc1cccc(NCc2cnc(C)s2)c1. The normalized spacial score (nSPS) is 10.1. The lowest BCUT2D eigenvalue weighted by molar-refractivity contribution is -0.114. The minimum absolute atomic E-state index is 0.0646. The van der Waals surface area contributed by atoms with Crippen molar-refractivity contribution in [2.75, 3.05) is 10.6 Å². The molecule has 18 heavy (non-hydrogen) atoms. The van der Waals surface area contributed by atoms with Gasteiger partial charge in [0.25, 0.3) is 0 Å².